The van der Waals surface area contributed by atoms with Crippen LogP contribution in [0.15, 0.2) is 21.9 Å². The molecule has 1 aromatic heterocycles. The van der Waals surface area contributed by atoms with E-state index in [2.05, 4.69) is 4.98 Å². The highest BCUT2D eigenvalue weighted by Gasteiger charge is 2.48. The third-order valence-corrected chi connectivity index (χ3v) is 3.19. The van der Waals surface area contributed by atoms with Crippen LogP contribution >= 0.6 is 0 Å². The van der Waals surface area contributed by atoms with Crippen molar-refractivity contribution in [2.24, 2.45) is 5.92 Å². The second kappa shape index (κ2) is 6.02. The maximum absolute atomic E-state index is 11.8. The number of hydrogen-bond acceptors (Lipinski definition) is 7. The van der Waals surface area contributed by atoms with Gasteiger partial charge in [0.2, 0.25) is 0 Å². The molecule has 114 valence electrons. The van der Waals surface area contributed by atoms with E-state index in [0.717, 1.165) is 19.2 Å². The van der Waals surface area contributed by atoms with E-state index in [1.807, 2.05) is 0 Å². The minimum Gasteiger partial charge on any atom is -0.457 e. The molecule has 0 saturated carbocycles. The summed E-state index contributed by atoms with van der Waals surface area (Å²) in [5.41, 5.74) is -1.45. The van der Waals surface area contributed by atoms with Gasteiger partial charge >= 0.3 is 11.7 Å². The van der Waals surface area contributed by atoms with E-state index >= 15 is 0 Å². The molecule has 1 unspecified atom stereocenters. The number of carbonyl (C=O) groups is 2. The van der Waals surface area contributed by atoms with E-state index in [1.165, 1.54) is 0 Å². The van der Waals surface area contributed by atoms with Crippen molar-refractivity contribution in [1.82, 2.24) is 9.55 Å². The van der Waals surface area contributed by atoms with Crippen LogP contribution in [0, 0.1) is 5.92 Å². The minimum atomic E-state index is -1.28. The quantitative estimate of drug-likeness (QED) is 0.494. The number of hydrogen-bond donors (Lipinski definition) is 2. The van der Waals surface area contributed by atoms with Gasteiger partial charge in [-0.25, -0.2) is 9.36 Å². The van der Waals surface area contributed by atoms with Crippen molar-refractivity contribution in [2.45, 2.75) is 25.4 Å². The van der Waals surface area contributed by atoms with Gasteiger partial charge in [0.25, 0.3) is 5.56 Å². The van der Waals surface area contributed by atoms with Gasteiger partial charge in [-0.1, -0.05) is 0 Å². The molecule has 0 amide bonds. The highest BCUT2D eigenvalue weighted by atomic mass is 16.6. The smallest absolute Gasteiger partial charge is 0.330 e. The molecule has 1 fully saturated rings. The first-order chi connectivity index (χ1) is 9.99. The van der Waals surface area contributed by atoms with Gasteiger partial charge in [-0.05, 0) is 0 Å². The third-order valence-electron chi connectivity index (χ3n) is 3.19. The van der Waals surface area contributed by atoms with Crippen LogP contribution in [0.3, 0.4) is 0 Å². The van der Waals surface area contributed by atoms with Crippen LogP contribution in [0.5, 0.6) is 0 Å². The van der Waals surface area contributed by atoms with Crippen molar-refractivity contribution in [1.29, 1.82) is 0 Å². The number of aliphatic hydroxyl groups excluding tert-OH is 1. The molecule has 1 saturated heterocycles. The summed E-state index contributed by atoms with van der Waals surface area (Å²) < 4.78 is 11.1. The van der Waals surface area contributed by atoms with Gasteiger partial charge in [-0.15, -0.1) is 0 Å². The zero-order valence-corrected chi connectivity index (χ0v) is 11.1. The molecule has 2 N–H and O–H groups in total. The molecule has 9 heteroatoms. The van der Waals surface area contributed by atoms with Gasteiger partial charge in [-0.3, -0.25) is 9.59 Å². The first-order valence-electron chi connectivity index (χ1n) is 6.18. The molecule has 1 aliphatic rings. The van der Waals surface area contributed by atoms with E-state index in [-0.39, 0.29) is 0 Å². The lowest BCUT2D eigenvalue weighted by molar-refractivity contribution is -0.154. The lowest BCUT2D eigenvalue weighted by atomic mass is 10.00. The van der Waals surface area contributed by atoms with Crippen molar-refractivity contribution in [3.05, 3.63) is 33.1 Å². The van der Waals surface area contributed by atoms with E-state index < -0.39 is 48.2 Å². The summed E-state index contributed by atoms with van der Waals surface area (Å²) in [5.74, 6) is -1.67. The first-order valence-corrected chi connectivity index (χ1v) is 6.18. The molecule has 2 heterocycles. The standard InChI is InChI=1S/C12H14N2O7/c1-6(17)20-10-7(4-15)8(5-16)21-11(10)14-9(18)2-3-13-12(14)19/h2-4,7-8,10-11,16H,5H2,1H3,(H,13,19)/t7?,8-,10+,11-/m1/s1. The number of aromatic amines is 1. The predicted molar refractivity (Wildman–Crippen MR) is 67.4 cm³/mol. The summed E-state index contributed by atoms with van der Waals surface area (Å²) in [7, 11) is 0. The molecule has 0 bridgehead atoms. The molecule has 1 aromatic rings. The van der Waals surface area contributed by atoms with Crippen molar-refractivity contribution < 1.29 is 24.2 Å². The molecule has 0 aliphatic carbocycles. The Labute approximate surface area is 118 Å². The number of aromatic nitrogens is 2. The average molecular weight is 298 g/mol. The van der Waals surface area contributed by atoms with Gasteiger partial charge in [0.05, 0.1) is 18.6 Å². The second-order valence-electron chi connectivity index (χ2n) is 4.53. The Morgan fingerprint density at radius 3 is 2.81 bits per heavy atom. The zero-order chi connectivity index (χ0) is 15.6. The molecule has 2 rings (SSSR count). The van der Waals surface area contributed by atoms with E-state index in [4.69, 9.17) is 9.47 Å². The molecule has 1 aliphatic heterocycles. The fraction of sp³-hybridized carbons (Fsp3) is 0.500. The zero-order valence-electron chi connectivity index (χ0n) is 11.1. The minimum absolute atomic E-state index is 0.469. The Balaban J connectivity index is 2.49. The summed E-state index contributed by atoms with van der Waals surface area (Å²) in [6, 6.07) is 1.10. The maximum Gasteiger partial charge on any atom is 0.330 e. The van der Waals surface area contributed by atoms with Gasteiger partial charge in [0.15, 0.2) is 12.3 Å². The number of nitrogens with one attached hydrogen (secondary N) is 1. The Morgan fingerprint density at radius 1 is 1.57 bits per heavy atom. The van der Waals surface area contributed by atoms with E-state index in [1.54, 1.807) is 0 Å². The molecule has 9 nitrogen and oxygen atoms in total. The number of ether oxygens (including phenoxy) is 2. The number of nitrogens with zero attached hydrogens (tertiary/aromatic N) is 1. The monoisotopic (exact) mass is 298 g/mol. The second-order valence-corrected chi connectivity index (χ2v) is 4.53. The lowest BCUT2D eigenvalue weighted by Gasteiger charge is -2.20. The molecular weight excluding hydrogens is 284 g/mol. The van der Waals surface area contributed by atoms with Crippen molar-refractivity contribution >= 4 is 12.3 Å². The van der Waals surface area contributed by atoms with Gasteiger partial charge in [0, 0.05) is 19.2 Å². The number of rotatable bonds is 4. The number of carbonyl (C=O) groups excluding carboxylic acids is 2. The Morgan fingerprint density at radius 2 is 2.29 bits per heavy atom. The van der Waals surface area contributed by atoms with Gasteiger partial charge < -0.3 is 24.4 Å². The van der Waals surface area contributed by atoms with Crippen LogP contribution in [0.4, 0.5) is 0 Å². The molecule has 0 radical (unpaired) electrons. The first kappa shape index (κ1) is 15.1. The number of aliphatic hydroxyl groups is 1. The third kappa shape index (κ3) is 2.78. The molecule has 21 heavy (non-hydrogen) atoms. The Hall–Kier alpha value is -2.26. The Bertz CT molecular complexity index is 621. The summed E-state index contributed by atoms with van der Waals surface area (Å²) in [6.45, 7) is 0.611. The molecular formula is C12H14N2O7. The largest absolute Gasteiger partial charge is 0.457 e. The molecule has 0 spiro atoms. The summed E-state index contributed by atoms with van der Waals surface area (Å²) in [4.78, 5) is 48.2. The molecule has 0 aromatic carbocycles. The van der Waals surface area contributed by atoms with Crippen LogP contribution in [-0.2, 0) is 19.1 Å². The SMILES string of the molecule is CC(=O)O[C@H]1C(C=O)[C@@H](CO)O[C@H]1n1c(=O)cc[nH]c1=O. The van der Waals surface area contributed by atoms with Gasteiger partial charge in [-0.2, -0.15) is 0 Å². The highest BCUT2D eigenvalue weighted by Crippen LogP contribution is 2.33. The molecule has 4 atom stereocenters. The number of esters is 1. The average Bonchev–Trinajstić information content (AvgIpc) is 2.75. The van der Waals surface area contributed by atoms with Crippen LogP contribution in [-0.4, -0.2) is 45.7 Å². The number of H-pyrrole nitrogens is 1. The normalized spacial score (nSPS) is 28.3. The number of aldehydes is 1. The van der Waals surface area contributed by atoms with E-state index in [9.17, 15) is 24.3 Å². The van der Waals surface area contributed by atoms with Crippen LogP contribution in [0.2, 0.25) is 0 Å². The fourth-order valence-corrected chi connectivity index (χ4v) is 2.29. The van der Waals surface area contributed by atoms with Crippen LogP contribution in [0.1, 0.15) is 13.2 Å². The summed E-state index contributed by atoms with van der Waals surface area (Å²) in [5, 5.41) is 9.23. The van der Waals surface area contributed by atoms with Crippen molar-refractivity contribution in [3.63, 3.8) is 0 Å². The van der Waals surface area contributed by atoms with Crippen molar-refractivity contribution in [2.75, 3.05) is 6.61 Å². The van der Waals surface area contributed by atoms with E-state index in [0.29, 0.717) is 10.9 Å². The topological polar surface area (TPSA) is 128 Å². The fourth-order valence-electron chi connectivity index (χ4n) is 2.29. The Kier molecular flexibility index (Phi) is 4.34. The van der Waals surface area contributed by atoms with Crippen LogP contribution in [0.25, 0.3) is 0 Å². The maximum atomic E-state index is 11.8. The van der Waals surface area contributed by atoms with Gasteiger partial charge in [0.1, 0.15) is 6.29 Å². The lowest BCUT2D eigenvalue weighted by Crippen LogP contribution is -2.42. The summed E-state index contributed by atoms with van der Waals surface area (Å²) >= 11 is 0. The van der Waals surface area contributed by atoms with Crippen molar-refractivity contribution in [3.8, 4) is 0 Å². The van der Waals surface area contributed by atoms with Crippen LogP contribution < -0.4 is 11.2 Å². The predicted octanol–water partition coefficient (Wildman–Crippen LogP) is -1.83. The highest BCUT2D eigenvalue weighted by molar-refractivity contribution is 5.67. The summed E-state index contributed by atoms with van der Waals surface area (Å²) in [6.07, 6.45) is -1.78.